The predicted molar refractivity (Wildman–Crippen MR) is 64.9 cm³/mol. The number of methoxy groups -OCH3 is 1. The second-order valence-corrected chi connectivity index (χ2v) is 5.11. The van der Waals surface area contributed by atoms with Crippen LogP contribution >= 0.6 is 0 Å². The van der Waals surface area contributed by atoms with E-state index in [1.54, 1.807) is 7.11 Å². The number of ether oxygens (including phenoxy) is 1. The van der Waals surface area contributed by atoms with Crippen LogP contribution < -0.4 is 10.1 Å². The molecule has 0 heterocycles. The third-order valence-corrected chi connectivity index (χ3v) is 4.32. The zero-order valence-electron chi connectivity index (χ0n) is 10.0. The van der Waals surface area contributed by atoms with Crippen LogP contribution in [0.3, 0.4) is 0 Å². The molecule has 1 fully saturated rings. The molecule has 3 rings (SSSR count). The lowest BCUT2D eigenvalue weighted by atomic mass is 9.77. The molecule has 0 radical (unpaired) electrons. The van der Waals surface area contributed by atoms with Crippen LogP contribution in [0.15, 0.2) is 18.2 Å². The molecule has 0 aromatic heterocycles. The van der Waals surface area contributed by atoms with E-state index in [9.17, 15) is 0 Å². The smallest absolute Gasteiger partial charge is 0.119 e. The quantitative estimate of drug-likeness (QED) is 0.822. The molecule has 86 valence electrons. The number of fused-ring (bicyclic) bond motifs is 2. The highest BCUT2D eigenvalue weighted by Crippen LogP contribution is 2.57. The van der Waals surface area contributed by atoms with Crippen LogP contribution in [0.5, 0.6) is 5.75 Å². The van der Waals surface area contributed by atoms with Crippen molar-refractivity contribution < 1.29 is 4.74 Å². The van der Waals surface area contributed by atoms with Crippen LogP contribution in [0.4, 0.5) is 0 Å². The Labute approximate surface area is 97.0 Å². The van der Waals surface area contributed by atoms with Gasteiger partial charge in [-0.25, -0.2) is 0 Å². The van der Waals surface area contributed by atoms with Gasteiger partial charge < -0.3 is 10.1 Å². The summed E-state index contributed by atoms with van der Waals surface area (Å²) >= 11 is 0. The molecule has 2 heteroatoms. The molecule has 1 atom stereocenters. The number of rotatable bonds is 2. The Bertz CT molecular complexity index is 409. The van der Waals surface area contributed by atoms with Gasteiger partial charge in [0.05, 0.1) is 7.11 Å². The first-order chi connectivity index (χ1) is 7.79. The molecule has 2 nitrogen and oxygen atoms in total. The van der Waals surface area contributed by atoms with E-state index in [1.807, 2.05) is 0 Å². The Kier molecular flexibility index (Phi) is 2.21. The standard InChI is InChI=1S/C14H19NO/c1-15-13-5-6-14(7-8-14)12-9-10(16-2)3-4-11(12)13/h3-4,9,13,15H,5-8H2,1-2H3. The van der Waals surface area contributed by atoms with Gasteiger partial charge in [0, 0.05) is 6.04 Å². The average molecular weight is 217 g/mol. The van der Waals surface area contributed by atoms with Crippen molar-refractivity contribution in [2.24, 2.45) is 0 Å². The van der Waals surface area contributed by atoms with Crippen LogP contribution in [0, 0.1) is 0 Å². The first-order valence-electron chi connectivity index (χ1n) is 6.15. The van der Waals surface area contributed by atoms with E-state index in [1.165, 1.54) is 36.8 Å². The summed E-state index contributed by atoms with van der Waals surface area (Å²) in [6, 6.07) is 7.12. The highest BCUT2D eigenvalue weighted by Gasteiger charge is 2.48. The van der Waals surface area contributed by atoms with Gasteiger partial charge in [0.15, 0.2) is 0 Å². The molecule has 0 bridgehead atoms. The summed E-state index contributed by atoms with van der Waals surface area (Å²) in [5.74, 6) is 1.00. The SMILES string of the molecule is CNC1CCC2(CC2)c2cc(OC)ccc21. The van der Waals surface area contributed by atoms with Gasteiger partial charge in [0.2, 0.25) is 0 Å². The number of benzene rings is 1. The molecule has 0 saturated heterocycles. The van der Waals surface area contributed by atoms with Crippen molar-refractivity contribution in [3.8, 4) is 5.75 Å². The highest BCUT2D eigenvalue weighted by molar-refractivity contribution is 5.47. The summed E-state index contributed by atoms with van der Waals surface area (Å²) in [5, 5.41) is 3.42. The van der Waals surface area contributed by atoms with Crippen molar-refractivity contribution in [3.05, 3.63) is 29.3 Å². The van der Waals surface area contributed by atoms with Crippen LogP contribution in [0.2, 0.25) is 0 Å². The van der Waals surface area contributed by atoms with E-state index in [2.05, 4.69) is 30.6 Å². The molecule has 16 heavy (non-hydrogen) atoms. The number of nitrogens with one attached hydrogen (secondary N) is 1. The van der Waals surface area contributed by atoms with Gasteiger partial charge in [0.1, 0.15) is 5.75 Å². The second kappa shape index (κ2) is 3.49. The summed E-state index contributed by atoms with van der Waals surface area (Å²) in [6.45, 7) is 0. The van der Waals surface area contributed by atoms with Gasteiger partial charge in [-0.3, -0.25) is 0 Å². The Hall–Kier alpha value is -1.02. The molecule has 2 aliphatic carbocycles. The second-order valence-electron chi connectivity index (χ2n) is 5.11. The monoisotopic (exact) mass is 217 g/mol. The minimum atomic E-state index is 0.511. The molecule has 2 aliphatic rings. The molecular weight excluding hydrogens is 198 g/mol. The van der Waals surface area contributed by atoms with Gasteiger partial charge in [-0.2, -0.15) is 0 Å². The van der Waals surface area contributed by atoms with Crippen LogP contribution in [0.1, 0.15) is 42.9 Å². The third-order valence-electron chi connectivity index (χ3n) is 4.32. The van der Waals surface area contributed by atoms with Crippen molar-refractivity contribution in [2.45, 2.75) is 37.1 Å². The maximum Gasteiger partial charge on any atom is 0.119 e. The highest BCUT2D eigenvalue weighted by atomic mass is 16.5. The minimum Gasteiger partial charge on any atom is -0.497 e. The lowest BCUT2D eigenvalue weighted by molar-refractivity contribution is 0.404. The van der Waals surface area contributed by atoms with E-state index in [4.69, 9.17) is 4.74 Å². The molecule has 1 spiro atoms. The molecule has 1 aromatic carbocycles. The molecule has 0 aliphatic heterocycles. The minimum absolute atomic E-state index is 0.511. The number of hydrogen-bond acceptors (Lipinski definition) is 2. The summed E-state index contributed by atoms with van der Waals surface area (Å²) in [5.41, 5.74) is 3.54. The van der Waals surface area contributed by atoms with Crippen molar-refractivity contribution in [1.29, 1.82) is 0 Å². The molecule has 0 amide bonds. The normalized spacial score (nSPS) is 25.2. The zero-order valence-corrected chi connectivity index (χ0v) is 10.0. The fourth-order valence-corrected chi connectivity index (χ4v) is 3.11. The lowest BCUT2D eigenvalue weighted by Gasteiger charge is -2.32. The van der Waals surface area contributed by atoms with E-state index >= 15 is 0 Å². The summed E-state index contributed by atoms with van der Waals surface area (Å²) in [6.07, 6.45) is 5.34. The molecule has 1 aromatic rings. The first-order valence-corrected chi connectivity index (χ1v) is 6.15. The van der Waals surface area contributed by atoms with Crippen LogP contribution in [-0.4, -0.2) is 14.2 Å². The van der Waals surface area contributed by atoms with Crippen molar-refractivity contribution in [1.82, 2.24) is 5.32 Å². The largest absolute Gasteiger partial charge is 0.497 e. The first kappa shape index (κ1) is 10.2. The topological polar surface area (TPSA) is 21.3 Å². The van der Waals surface area contributed by atoms with E-state index in [-0.39, 0.29) is 0 Å². The van der Waals surface area contributed by atoms with Crippen molar-refractivity contribution in [3.63, 3.8) is 0 Å². The summed E-state index contributed by atoms with van der Waals surface area (Å²) in [4.78, 5) is 0. The third kappa shape index (κ3) is 1.36. The van der Waals surface area contributed by atoms with Crippen LogP contribution in [-0.2, 0) is 5.41 Å². The number of hydrogen-bond donors (Lipinski definition) is 1. The van der Waals surface area contributed by atoms with Crippen LogP contribution in [0.25, 0.3) is 0 Å². The van der Waals surface area contributed by atoms with Crippen molar-refractivity contribution in [2.75, 3.05) is 14.2 Å². The van der Waals surface area contributed by atoms with E-state index in [0.29, 0.717) is 11.5 Å². The summed E-state index contributed by atoms with van der Waals surface area (Å²) < 4.78 is 5.35. The van der Waals surface area contributed by atoms with Gasteiger partial charge in [-0.1, -0.05) is 6.07 Å². The molecule has 1 unspecified atom stereocenters. The van der Waals surface area contributed by atoms with Gasteiger partial charge in [-0.15, -0.1) is 0 Å². The molecule has 1 N–H and O–H groups in total. The zero-order chi connectivity index (χ0) is 11.2. The summed E-state index contributed by atoms with van der Waals surface area (Å²) in [7, 11) is 3.81. The van der Waals surface area contributed by atoms with Gasteiger partial charge in [0.25, 0.3) is 0 Å². The van der Waals surface area contributed by atoms with Gasteiger partial charge >= 0.3 is 0 Å². The predicted octanol–water partition coefficient (Wildman–Crippen LogP) is 2.78. The lowest BCUT2D eigenvalue weighted by Crippen LogP contribution is -2.26. The fraction of sp³-hybridized carbons (Fsp3) is 0.571. The maximum atomic E-state index is 5.35. The average Bonchev–Trinajstić information content (AvgIpc) is 3.10. The maximum absolute atomic E-state index is 5.35. The Balaban J connectivity index is 2.08. The van der Waals surface area contributed by atoms with E-state index in [0.717, 1.165) is 5.75 Å². The Morgan fingerprint density at radius 2 is 2.12 bits per heavy atom. The van der Waals surface area contributed by atoms with E-state index < -0.39 is 0 Å². The van der Waals surface area contributed by atoms with Crippen molar-refractivity contribution >= 4 is 0 Å². The van der Waals surface area contributed by atoms with Gasteiger partial charge in [-0.05, 0) is 61.4 Å². The molecular formula is C14H19NO. The Morgan fingerprint density at radius 1 is 1.31 bits per heavy atom. The molecule has 1 saturated carbocycles. The fourth-order valence-electron chi connectivity index (χ4n) is 3.11. The Morgan fingerprint density at radius 3 is 2.75 bits per heavy atom.